The molecule has 2 N–H and O–H groups in total. The van der Waals surface area contributed by atoms with Crippen molar-refractivity contribution in [2.75, 3.05) is 24.5 Å². The Morgan fingerprint density at radius 3 is 2.56 bits per heavy atom. The molecule has 0 saturated carbocycles. The second-order valence-corrected chi connectivity index (χ2v) is 6.71. The lowest BCUT2D eigenvalue weighted by atomic mass is 10.1. The third kappa shape index (κ3) is 4.24. The smallest absolute Gasteiger partial charge is 0.261 e. The molecule has 1 atom stereocenters. The lowest BCUT2D eigenvalue weighted by Gasteiger charge is -2.16. The van der Waals surface area contributed by atoms with Crippen LogP contribution in [0.1, 0.15) is 16.1 Å². The maximum absolute atomic E-state index is 12.2. The molecular formula is C18H19N3O3S. The lowest BCUT2D eigenvalue weighted by molar-refractivity contribution is -0.126. The largest absolute Gasteiger partial charge is 0.354 e. The first-order valence-corrected chi connectivity index (χ1v) is 8.98. The van der Waals surface area contributed by atoms with E-state index in [1.165, 1.54) is 11.3 Å². The van der Waals surface area contributed by atoms with Gasteiger partial charge < -0.3 is 15.5 Å². The fraction of sp³-hybridized carbons (Fsp3) is 0.278. The molecule has 2 aromatic rings. The van der Waals surface area contributed by atoms with E-state index in [4.69, 9.17) is 0 Å². The van der Waals surface area contributed by atoms with Crippen LogP contribution in [0.5, 0.6) is 0 Å². The van der Waals surface area contributed by atoms with E-state index in [9.17, 15) is 14.4 Å². The summed E-state index contributed by atoms with van der Waals surface area (Å²) in [5.41, 5.74) is 0.811. The Labute approximate surface area is 149 Å². The molecule has 1 aliphatic rings. The molecule has 1 aliphatic heterocycles. The molecule has 25 heavy (non-hydrogen) atoms. The zero-order valence-electron chi connectivity index (χ0n) is 13.6. The monoisotopic (exact) mass is 357 g/mol. The highest BCUT2D eigenvalue weighted by Crippen LogP contribution is 2.24. The van der Waals surface area contributed by atoms with Crippen molar-refractivity contribution in [1.29, 1.82) is 0 Å². The van der Waals surface area contributed by atoms with Crippen LogP contribution in [-0.4, -0.2) is 37.4 Å². The van der Waals surface area contributed by atoms with Gasteiger partial charge in [-0.2, -0.15) is 0 Å². The van der Waals surface area contributed by atoms with E-state index in [0.717, 1.165) is 5.69 Å². The fourth-order valence-corrected chi connectivity index (χ4v) is 3.38. The zero-order chi connectivity index (χ0) is 17.6. The van der Waals surface area contributed by atoms with Crippen LogP contribution in [0.2, 0.25) is 0 Å². The maximum atomic E-state index is 12.2. The summed E-state index contributed by atoms with van der Waals surface area (Å²) < 4.78 is 0. The normalized spacial score (nSPS) is 16.7. The number of nitrogens with zero attached hydrogens (tertiary/aromatic N) is 1. The van der Waals surface area contributed by atoms with E-state index in [1.807, 2.05) is 41.8 Å². The van der Waals surface area contributed by atoms with Crippen molar-refractivity contribution < 1.29 is 14.4 Å². The second kappa shape index (κ2) is 7.94. The summed E-state index contributed by atoms with van der Waals surface area (Å²) in [6.07, 6.45) is 0.211. The van der Waals surface area contributed by atoms with Crippen LogP contribution in [-0.2, 0) is 9.59 Å². The molecule has 0 unspecified atom stereocenters. The first kappa shape index (κ1) is 17.2. The van der Waals surface area contributed by atoms with Gasteiger partial charge in [-0.15, -0.1) is 11.3 Å². The number of hydrogen-bond acceptors (Lipinski definition) is 4. The number of amides is 3. The summed E-state index contributed by atoms with van der Waals surface area (Å²) in [5.74, 6) is -0.703. The van der Waals surface area contributed by atoms with E-state index < -0.39 is 0 Å². The highest BCUT2D eigenvalue weighted by Gasteiger charge is 2.34. The van der Waals surface area contributed by atoms with Crippen molar-refractivity contribution in [2.24, 2.45) is 5.92 Å². The highest BCUT2D eigenvalue weighted by molar-refractivity contribution is 7.12. The first-order chi connectivity index (χ1) is 12.1. The number of anilines is 1. The average Bonchev–Trinajstić information content (AvgIpc) is 3.29. The molecule has 3 rings (SSSR count). The molecule has 7 heteroatoms. The Balaban J connectivity index is 1.43. The van der Waals surface area contributed by atoms with Crippen LogP contribution in [0.25, 0.3) is 0 Å². The van der Waals surface area contributed by atoms with Gasteiger partial charge in [-0.1, -0.05) is 24.3 Å². The van der Waals surface area contributed by atoms with E-state index in [-0.39, 0.29) is 30.1 Å². The van der Waals surface area contributed by atoms with Crippen molar-refractivity contribution in [3.05, 3.63) is 52.7 Å². The third-order valence-electron chi connectivity index (χ3n) is 4.02. The molecule has 130 valence electrons. The van der Waals surface area contributed by atoms with Crippen LogP contribution in [0.3, 0.4) is 0 Å². The van der Waals surface area contributed by atoms with Crippen LogP contribution in [0, 0.1) is 5.92 Å². The topological polar surface area (TPSA) is 78.5 Å². The first-order valence-electron chi connectivity index (χ1n) is 8.10. The van der Waals surface area contributed by atoms with E-state index >= 15 is 0 Å². The van der Waals surface area contributed by atoms with Gasteiger partial charge in [0.25, 0.3) is 5.91 Å². The Morgan fingerprint density at radius 2 is 1.84 bits per heavy atom. The number of hydrogen-bond donors (Lipinski definition) is 2. The number of nitrogens with one attached hydrogen (secondary N) is 2. The maximum Gasteiger partial charge on any atom is 0.261 e. The van der Waals surface area contributed by atoms with Crippen LogP contribution >= 0.6 is 11.3 Å². The molecule has 0 radical (unpaired) electrons. The predicted molar refractivity (Wildman–Crippen MR) is 96.6 cm³/mol. The summed E-state index contributed by atoms with van der Waals surface area (Å²) in [6, 6.07) is 12.9. The van der Waals surface area contributed by atoms with Crippen LogP contribution in [0.4, 0.5) is 5.69 Å². The Hall–Kier alpha value is -2.67. The van der Waals surface area contributed by atoms with Crippen molar-refractivity contribution in [3.63, 3.8) is 0 Å². The summed E-state index contributed by atoms with van der Waals surface area (Å²) in [7, 11) is 0. The molecule has 0 spiro atoms. The molecule has 3 amide bonds. The molecule has 0 aliphatic carbocycles. The highest BCUT2D eigenvalue weighted by atomic mass is 32.1. The second-order valence-electron chi connectivity index (χ2n) is 5.77. The predicted octanol–water partition coefficient (Wildman–Crippen LogP) is 1.65. The molecule has 0 bridgehead atoms. The molecule has 1 fully saturated rings. The minimum Gasteiger partial charge on any atom is -0.354 e. The van der Waals surface area contributed by atoms with Crippen molar-refractivity contribution in [1.82, 2.24) is 10.6 Å². The lowest BCUT2D eigenvalue weighted by Crippen LogP contribution is -2.38. The summed E-state index contributed by atoms with van der Waals surface area (Å²) in [4.78, 5) is 38.4. The molecular weight excluding hydrogens is 338 g/mol. The van der Waals surface area contributed by atoms with E-state index in [0.29, 0.717) is 24.5 Å². The number of carbonyl (C=O) groups is 3. The number of para-hydroxylation sites is 1. The number of rotatable bonds is 6. The number of carbonyl (C=O) groups excluding carboxylic acids is 3. The van der Waals surface area contributed by atoms with Gasteiger partial charge in [0.1, 0.15) is 0 Å². The minimum absolute atomic E-state index is 0.0441. The number of benzene rings is 1. The van der Waals surface area contributed by atoms with Gasteiger partial charge in [0, 0.05) is 31.7 Å². The van der Waals surface area contributed by atoms with Gasteiger partial charge in [0.05, 0.1) is 10.8 Å². The van der Waals surface area contributed by atoms with Crippen LogP contribution in [0.15, 0.2) is 47.8 Å². The van der Waals surface area contributed by atoms with Crippen molar-refractivity contribution in [3.8, 4) is 0 Å². The summed E-state index contributed by atoms with van der Waals surface area (Å²) in [5, 5.41) is 7.38. The van der Waals surface area contributed by atoms with Gasteiger partial charge in [-0.05, 0) is 23.6 Å². The van der Waals surface area contributed by atoms with E-state index in [1.54, 1.807) is 11.0 Å². The Kier molecular flexibility index (Phi) is 5.45. The molecule has 2 heterocycles. The standard InChI is InChI=1S/C18H19N3O3S/c22-16-11-13(12-21(16)14-5-2-1-3-6-14)17(23)19-8-9-20-18(24)15-7-4-10-25-15/h1-7,10,13H,8-9,11-12H2,(H,19,23)(H,20,24)/t13-/m1/s1. The van der Waals surface area contributed by atoms with Crippen LogP contribution < -0.4 is 15.5 Å². The molecule has 1 saturated heterocycles. The quantitative estimate of drug-likeness (QED) is 0.772. The minimum atomic E-state index is -0.360. The average molecular weight is 357 g/mol. The fourth-order valence-electron chi connectivity index (χ4n) is 2.74. The summed E-state index contributed by atoms with van der Waals surface area (Å²) >= 11 is 1.37. The Bertz CT molecular complexity index is 746. The van der Waals surface area contributed by atoms with E-state index in [2.05, 4.69) is 10.6 Å². The SMILES string of the molecule is O=C(NCCNC(=O)[C@@H]1CC(=O)N(c2ccccc2)C1)c1cccs1. The van der Waals surface area contributed by atoms with Gasteiger partial charge in [0.15, 0.2) is 0 Å². The molecule has 1 aromatic carbocycles. The molecule has 1 aromatic heterocycles. The van der Waals surface area contributed by atoms with Gasteiger partial charge in [-0.25, -0.2) is 0 Å². The number of thiophene rings is 1. The van der Waals surface area contributed by atoms with Gasteiger partial charge >= 0.3 is 0 Å². The van der Waals surface area contributed by atoms with Gasteiger partial charge in [-0.3, -0.25) is 14.4 Å². The van der Waals surface area contributed by atoms with Gasteiger partial charge in [0.2, 0.25) is 11.8 Å². The summed E-state index contributed by atoms with van der Waals surface area (Å²) in [6.45, 7) is 1.08. The zero-order valence-corrected chi connectivity index (χ0v) is 14.4. The third-order valence-corrected chi connectivity index (χ3v) is 4.89. The Morgan fingerprint density at radius 1 is 1.08 bits per heavy atom. The van der Waals surface area contributed by atoms with Crippen molar-refractivity contribution >= 4 is 34.7 Å². The van der Waals surface area contributed by atoms with Crippen molar-refractivity contribution in [2.45, 2.75) is 6.42 Å². The molecule has 6 nitrogen and oxygen atoms in total.